The molecule has 0 bridgehead atoms. The fourth-order valence-corrected chi connectivity index (χ4v) is 5.64. The number of furan rings is 2. The Morgan fingerprint density at radius 1 is 1.04 bits per heavy atom. The van der Waals surface area contributed by atoms with Crippen LogP contribution in [0.3, 0.4) is 0 Å². The van der Waals surface area contributed by atoms with Gasteiger partial charge in [0.05, 0.1) is 17.9 Å². The van der Waals surface area contributed by atoms with Crippen molar-refractivity contribution in [3.8, 4) is 0 Å². The van der Waals surface area contributed by atoms with Crippen molar-refractivity contribution in [1.82, 2.24) is 0 Å². The predicted molar refractivity (Wildman–Crippen MR) is 105 cm³/mol. The number of hydrogen-bond donors (Lipinski definition) is 0. The van der Waals surface area contributed by atoms with Gasteiger partial charge >= 0.3 is 0 Å². The summed E-state index contributed by atoms with van der Waals surface area (Å²) in [4.78, 5) is 2.60. The van der Waals surface area contributed by atoms with Crippen LogP contribution in [-0.4, -0.2) is 0 Å². The Balaban J connectivity index is 1.94. The quantitative estimate of drug-likeness (QED) is 0.467. The van der Waals surface area contributed by atoms with Crippen LogP contribution in [0.1, 0.15) is 70.0 Å². The Morgan fingerprint density at radius 3 is 2.50 bits per heavy atom. The van der Waals surface area contributed by atoms with Crippen LogP contribution in [0, 0.1) is 12.3 Å². The van der Waals surface area contributed by atoms with Gasteiger partial charge in [-0.25, -0.2) is 0 Å². The van der Waals surface area contributed by atoms with Crippen molar-refractivity contribution < 1.29 is 8.83 Å². The second kappa shape index (κ2) is 4.39. The Morgan fingerprint density at radius 2 is 1.77 bits per heavy atom. The lowest BCUT2D eigenvalue weighted by molar-refractivity contribution is 0.0521. The first-order chi connectivity index (χ1) is 12.1. The summed E-state index contributed by atoms with van der Waals surface area (Å²) in [6, 6.07) is 8.87. The minimum Gasteiger partial charge on any atom is -0.460 e. The number of hydrogen-bond acceptors (Lipinski definition) is 3. The second-order valence-electron chi connectivity index (χ2n) is 9.30. The molecule has 0 amide bonds. The van der Waals surface area contributed by atoms with Crippen molar-refractivity contribution in [2.75, 3.05) is 4.90 Å². The average molecular weight is 349 g/mol. The van der Waals surface area contributed by atoms with E-state index in [1.54, 1.807) is 6.26 Å². The average Bonchev–Trinajstić information content (AvgIpc) is 3.19. The zero-order valence-corrected chi connectivity index (χ0v) is 16.7. The highest BCUT2D eigenvalue weighted by atomic mass is 16.4. The number of nitrogens with zero attached hydrogens (tertiary/aromatic N) is 1. The van der Waals surface area contributed by atoms with Crippen LogP contribution >= 0.6 is 0 Å². The number of anilines is 1. The molecule has 1 aromatic carbocycles. The standard InChI is InChI=1S/C23H27NO2/c1-13-9-8-10-15-18(13)24-14(2)17-19-16(11-12-25-19)26-20(17)23(24,7)22(5,6)21(15,3)4/h8-12,14H,1-7H3. The molecule has 3 nitrogen and oxygen atoms in total. The van der Waals surface area contributed by atoms with Gasteiger partial charge in [-0.2, -0.15) is 0 Å². The summed E-state index contributed by atoms with van der Waals surface area (Å²) in [7, 11) is 0. The molecular weight excluding hydrogens is 322 g/mol. The van der Waals surface area contributed by atoms with E-state index >= 15 is 0 Å². The molecule has 3 aromatic rings. The van der Waals surface area contributed by atoms with E-state index in [1.165, 1.54) is 22.4 Å². The van der Waals surface area contributed by atoms with Gasteiger partial charge < -0.3 is 13.7 Å². The Labute approximate surface area is 155 Å². The highest BCUT2D eigenvalue weighted by molar-refractivity contribution is 5.82. The van der Waals surface area contributed by atoms with Gasteiger partial charge in [-0.15, -0.1) is 0 Å². The van der Waals surface area contributed by atoms with E-state index < -0.39 is 0 Å². The van der Waals surface area contributed by atoms with E-state index in [2.05, 4.69) is 71.6 Å². The topological polar surface area (TPSA) is 29.5 Å². The summed E-state index contributed by atoms with van der Waals surface area (Å²) in [5, 5.41) is 0. The zero-order valence-electron chi connectivity index (χ0n) is 16.7. The number of para-hydroxylation sites is 1. The number of fused-ring (bicyclic) bond motifs is 7. The van der Waals surface area contributed by atoms with Gasteiger partial charge in [0.15, 0.2) is 11.2 Å². The van der Waals surface area contributed by atoms with Gasteiger partial charge in [0.25, 0.3) is 0 Å². The molecule has 3 heteroatoms. The molecular formula is C23H27NO2. The molecule has 0 saturated carbocycles. The smallest absolute Gasteiger partial charge is 0.177 e. The Kier molecular flexibility index (Phi) is 2.71. The molecule has 2 aromatic heterocycles. The zero-order chi connectivity index (χ0) is 18.6. The maximum atomic E-state index is 6.44. The number of aryl methyl sites for hydroxylation is 1. The molecule has 2 aliphatic heterocycles. The van der Waals surface area contributed by atoms with Crippen molar-refractivity contribution in [3.05, 3.63) is 53.0 Å². The molecule has 0 N–H and O–H groups in total. The van der Waals surface area contributed by atoms with Gasteiger partial charge in [-0.3, -0.25) is 0 Å². The van der Waals surface area contributed by atoms with E-state index in [9.17, 15) is 0 Å². The third-order valence-electron chi connectivity index (χ3n) is 7.99. The van der Waals surface area contributed by atoms with Crippen LogP contribution in [0.5, 0.6) is 0 Å². The highest BCUT2D eigenvalue weighted by Gasteiger charge is 2.66. The van der Waals surface area contributed by atoms with Crippen molar-refractivity contribution in [3.63, 3.8) is 0 Å². The van der Waals surface area contributed by atoms with Crippen LogP contribution in [0.15, 0.2) is 39.4 Å². The molecule has 136 valence electrons. The fraction of sp³-hybridized carbons (Fsp3) is 0.478. The highest BCUT2D eigenvalue weighted by Crippen LogP contribution is 2.68. The third-order valence-corrected chi connectivity index (χ3v) is 7.99. The monoisotopic (exact) mass is 349 g/mol. The Hall–Kier alpha value is -2.16. The maximum absolute atomic E-state index is 6.44. The second-order valence-corrected chi connectivity index (χ2v) is 9.30. The molecule has 0 fully saturated rings. The van der Waals surface area contributed by atoms with E-state index in [4.69, 9.17) is 8.83 Å². The van der Waals surface area contributed by atoms with E-state index in [0.717, 1.165) is 16.9 Å². The normalized spacial score (nSPS) is 28.1. The minimum atomic E-state index is -0.244. The predicted octanol–water partition coefficient (Wildman–Crippen LogP) is 6.45. The lowest BCUT2D eigenvalue weighted by Gasteiger charge is -2.61. The summed E-state index contributed by atoms with van der Waals surface area (Å²) in [6.07, 6.45) is 1.73. The summed E-state index contributed by atoms with van der Waals surface area (Å²) >= 11 is 0. The molecule has 2 unspecified atom stereocenters. The molecule has 0 radical (unpaired) electrons. The van der Waals surface area contributed by atoms with Gasteiger partial charge in [0, 0.05) is 17.2 Å². The summed E-state index contributed by atoms with van der Waals surface area (Å²) in [5.74, 6) is 1.08. The molecule has 0 spiro atoms. The van der Waals surface area contributed by atoms with E-state index in [0.29, 0.717) is 0 Å². The summed E-state index contributed by atoms with van der Waals surface area (Å²) < 4.78 is 12.3. The van der Waals surface area contributed by atoms with Crippen LogP contribution in [0.2, 0.25) is 0 Å². The first-order valence-electron chi connectivity index (χ1n) is 9.54. The van der Waals surface area contributed by atoms with E-state index in [-0.39, 0.29) is 22.4 Å². The number of rotatable bonds is 0. The van der Waals surface area contributed by atoms with Crippen LogP contribution in [0.4, 0.5) is 5.69 Å². The first-order valence-corrected chi connectivity index (χ1v) is 9.54. The molecule has 2 aliphatic rings. The first kappa shape index (κ1) is 16.0. The number of benzene rings is 1. The summed E-state index contributed by atoms with van der Waals surface area (Å²) in [5.41, 5.74) is 6.80. The van der Waals surface area contributed by atoms with Crippen LogP contribution < -0.4 is 4.90 Å². The largest absolute Gasteiger partial charge is 0.460 e. The third kappa shape index (κ3) is 1.42. The fourth-order valence-electron chi connectivity index (χ4n) is 5.64. The van der Waals surface area contributed by atoms with Crippen LogP contribution in [0.25, 0.3) is 11.2 Å². The van der Waals surface area contributed by atoms with Crippen molar-refractivity contribution >= 4 is 16.9 Å². The lowest BCUT2D eigenvalue weighted by atomic mass is 9.52. The maximum Gasteiger partial charge on any atom is 0.177 e. The molecule has 2 atom stereocenters. The molecule has 5 rings (SSSR count). The minimum absolute atomic E-state index is 0.00510. The van der Waals surface area contributed by atoms with Gasteiger partial charge in [0.1, 0.15) is 11.3 Å². The van der Waals surface area contributed by atoms with Gasteiger partial charge in [0.2, 0.25) is 0 Å². The molecule has 0 aliphatic carbocycles. The van der Waals surface area contributed by atoms with Crippen molar-refractivity contribution in [2.24, 2.45) is 5.41 Å². The summed E-state index contributed by atoms with van der Waals surface area (Å²) in [6.45, 7) is 16.4. The van der Waals surface area contributed by atoms with Crippen molar-refractivity contribution in [1.29, 1.82) is 0 Å². The van der Waals surface area contributed by atoms with Crippen LogP contribution in [-0.2, 0) is 11.0 Å². The van der Waals surface area contributed by atoms with E-state index in [1.807, 2.05) is 6.07 Å². The van der Waals surface area contributed by atoms with Gasteiger partial charge in [-0.05, 0) is 37.3 Å². The van der Waals surface area contributed by atoms with Gasteiger partial charge in [-0.1, -0.05) is 45.9 Å². The molecule has 0 saturated heterocycles. The SMILES string of the molecule is Cc1cccc2c1N1C(C)c3c(oc4ccoc34)C1(C)C(C)(C)C2(C)C. The Bertz CT molecular complexity index is 1050. The molecule has 4 heterocycles. The van der Waals surface area contributed by atoms with Crippen molar-refractivity contribution in [2.45, 2.75) is 65.5 Å². The molecule has 26 heavy (non-hydrogen) atoms. The lowest BCUT2D eigenvalue weighted by Crippen LogP contribution is -2.62.